The predicted octanol–water partition coefficient (Wildman–Crippen LogP) is 1.32. The summed E-state index contributed by atoms with van der Waals surface area (Å²) in [6, 6.07) is 5.82. The molecule has 5 nitrogen and oxygen atoms in total. The zero-order valence-corrected chi connectivity index (χ0v) is 11.1. The molecule has 3 N–H and O–H groups in total. The lowest BCUT2D eigenvalue weighted by molar-refractivity contribution is 0.502. The van der Waals surface area contributed by atoms with Crippen molar-refractivity contribution in [2.75, 3.05) is 0 Å². The summed E-state index contributed by atoms with van der Waals surface area (Å²) in [5, 5.41) is 4.18. The van der Waals surface area contributed by atoms with Crippen LogP contribution in [0, 0.1) is 0 Å². The minimum Gasteiger partial charge on any atom is -0.271 e. The van der Waals surface area contributed by atoms with Gasteiger partial charge in [0.1, 0.15) is 0 Å². The van der Waals surface area contributed by atoms with Crippen LogP contribution in [-0.4, -0.2) is 14.8 Å². The quantitative estimate of drug-likeness (QED) is 0.659. The van der Waals surface area contributed by atoms with Gasteiger partial charge in [0.25, 0.3) is 0 Å². The van der Waals surface area contributed by atoms with Crippen LogP contribution < -0.4 is 11.3 Å². The molecule has 0 radical (unpaired) electrons. The van der Waals surface area contributed by atoms with E-state index in [1.54, 1.807) is 17.1 Å². The molecule has 0 aliphatic heterocycles. The Kier molecular flexibility index (Phi) is 3.88. The molecule has 0 fully saturated rings. The van der Waals surface area contributed by atoms with Crippen molar-refractivity contribution in [2.24, 2.45) is 12.9 Å². The predicted molar refractivity (Wildman–Crippen MR) is 68.9 cm³/mol. The Morgan fingerprint density at radius 2 is 2.35 bits per heavy atom. The molecule has 0 saturated carbocycles. The Bertz CT molecular complexity index is 462. The van der Waals surface area contributed by atoms with Gasteiger partial charge in [-0.05, 0) is 28.1 Å². The van der Waals surface area contributed by atoms with E-state index in [1.165, 1.54) is 0 Å². The van der Waals surface area contributed by atoms with Gasteiger partial charge in [-0.25, -0.2) is 0 Å². The van der Waals surface area contributed by atoms with Crippen LogP contribution in [0.25, 0.3) is 0 Å². The molecule has 0 aliphatic rings. The minimum absolute atomic E-state index is 0.0215. The van der Waals surface area contributed by atoms with E-state index in [-0.39, 0.29) is 6.04 Å². The monoisotopic (exact) mass is 295 g/mol. The highest BCUT2D eigenvalue weighted by Crippen LogP contribution is 2.24. The minimum atomic E-state index is -0.0215. The van der Waals surface area contributed by atoms with Crippen LogP contribution in [0.5, 0.6) is 0 Å². The summed E-state index contributed by atoms with van der Waals surface area (Å²) < 4.78 is 2.75. The zero-order valence-electron chi connectivity index (χ0n) is 9.47. The molecule has 1 atom stereocenters. The van der Waals surface area contributed by atoms with Gasteiger partial charge < -0.3 is 0 Å². The van der Waals surface area contributed by atoms with E-state index in [4.69, 9.17) is 5.84 Å². The molecule has 90 valence electrons. The second kappa shape index (κ2) is 5.39. The maximum Gasteiger partial charge on any atom is 0.0709 e. The maximum absolute atomic E-state index is 5.61. The van der Waals surface area contributed by atoms with Crippen LogP contribution in [0.4, 0.5) is 0 Å². The summed E-state index contributed by atoms with van der Waals surface area (Å²) in [5.74, 6) is 5.61. The summed E-state index contributed by atoms with van der Waals surface area (Å²) in [5.41, 5.74) is 4.81. The molecule has 17 heavy (non-hydrogen) atoms. The number of nitrogens with zero attached hydrogens (tertiary/aromatic N) is 3. The van der Waals surface area contributed by atoms with Crippen molar-refractivity contribution in [1.82, 2.24) is 20.2 Å². The number of hydrogen-bond donors (Lipinski definition) is 2. The molecular weight excluding hydrogens is 282 g/mol. The molecule has 0 aliphatic carbocycles. The van der Waals surface area contributed by atoms with Gasteiger partial charge in [0.2, 0.25) is 0 Å². The summed E-state index contributed by atoms with van der Waals surface area (Å²) in [6.07, 6.45) is 4.26. The van der Waals surface area contributed by atoms with Crippen molar-refractivity contribution in [1.29, 1.82) is 0 Å². The van der Waals surface area contributed by atoms with E-state index in [2.05, 4.69) is 31.4 Å². The van der Waals surface area contributed by atoms with Crippen LogP contribution in [0.15, 0.2) is 35.1 Å². The fraction of sp³-hybridized carbons (Fsp3) is 0.273. The molecule has 1 unspecified atom stereocenters. The number of nitrogens with one attached hydrogen (secondary N) is 1. The van der Waals surface area contributed by atoms with E-state index in [9.17, 15) is 0 Å². The van der Waals surface area contributed by atoms with Crippen LogP contribution in [0.2, 0.25) is 0 Å². The number of nitrogens with two attached hydrogens (primary N) is 1. The molecule has 6 heteroatoms. The Morgan fingerprint density at radius 1 is 1.53 bits per heavy atom. The van der Waals surface area contributed by atoms with Crippen LogP contribution in [0.1, 0.15) is 17.4 Å². The third-order valence-corrected chi connectivity index (χ3v) is 3.22. The largest absolute Gasteiger partial charge is 0.271 e. The third kappa shape index (κ3) is 2.71. The van der Waals surface area contributed by atoms with E-state index < -0.39 is 0 Å². The van der Waals surface area contributed by atoms with Crippen LogP contribution >= 0.6 is 15.9 Å². The molecule has 0 aromatic carbocycles. The second-order valence-corrected chi connectivity index (χ2v) is 4.60. The van der Waals surface area contributed by atoms with Gasteiger partial charge in [-0.3, -0.25) is 20.9 Å². The lowest BCUT2D eigenvalue weighted by Gasteiger charge is -2.16. The molecule has 0 saturated heterocycles. The smallest absolute Gasteiger partial charge is 0.0709 e. The SMILES string of the molecule is Cn1ncc(Br)c1C(Cc1ccccn1)NN. The van der Waals surface area contributed by atoms with Crippen molar-refractivity contribution < 1.29 is 0 Å². The molecule has 0 spiro atoms. The maximum atomic E-state index is 5.61. The van der Waals surface area contributed by atoms with Gasteiger partial charge >= 0.3 is 0 Å². The first kappa shape index (κ1) is 12.2. The highest BCUT2D eigenvalue weighted by atomic mass is 79.9. The van der Waals surface area contributed by atoms with Crippen molar-refractivity contribution in [3.8, 4) is 0 Å². The fourth-order valence-corrected chi connectivity index (χ4v) is 2.40. The summed E-state index contributed by atoms with van der Waals surface area (Å²) in [6.45, 7) is 0. The van der Waals surface area contributed by atoms with E-state index >= 15 is 0 Å². The summed E-state index contributed by atoms with van der Waals surface area (Å²) in [4.78, 5) is 4.30. The number of hydrazine groups is 1. The summed E-state index contributed by atoms with van der Waals surface area (Å²) in [7, 11) is 1.89. The highest BCUT2D eigenvalue weighted by molar-refractivity contribution is 9.10. The van der Waals surface area contributed by atoms with Crippen LogP contribution in [0.3, 0.4) is 0 Å². The van der Waals surface area contributed by atoms with Crippen molar-refractivity contribution in [3.63, 3.8) is 0 Å². The molecule has 2 aromatic heterocycles. The molecule has 2 rings (SSSR count). The number of aromatic nitrogens is 3. The Labute approximate surface area is 108 Å². The lowest BCUT2D eigenvalue weighted by Crippen LogP contribution is -2.31. The van der Waals surface area contributed by atoms with Gasteiger partial charge in [-0.2, -0.15) is 5.10 Å². The first-order valence-corrected chi connectivity index (χ1v) is 6.05. The number of rotatable bonds is 4. The Hall–Kier alpha value is -1.24. The first-order chi connectivity index (χ1) is 8.22. The van der Waals surface area contributed by atoms with Gasteiger partial charge in [0, 0.05) is 25.4 Å². The second-order valence-electron chi connectivity index (χ2n) is 3.75. The zero-order chi connectivity index (χ0) is 12.3. The van der Waals surface area contributed by atoms with Gasteiger partial charge in [-0.15, -0.1) is 0 Å². The first-order valence-electron chi connectivity index (χ1n) is 5.25. The topological polar surface area (TPSA) is 68.8 Å². The van der Waals surface area contributed by atoms with E-state index in [0.717, 1.165) is 22.3 Å². The van der Waals surface area contributed by atoms with E-state index in [1.807, 2.05) is 25.2 Å². The number of aryl methyl sites for hydroxylation is 1. The van der Waals surface area contributed by atoms with Gasteiger partial charge in [0.15, 0.2) is 0 Å². The average Bonchev–Trinajstić information content (AvgIpc) is 2.68. The molecule has 2 heterocycles. The number of pyridine rings is 1. The highest BCUT2D eigenvalue weighted by Gasteiger charge is 2.18. The van der Waals surface area contributed by atoms with E-state index in [0.29, 0.717) is 0 Å². The molecule has 0 bridgehead atoms. The Balaban J connectivity index is 2.23. The fourth-order valence-electron chi connectivity index (χ4n) is 1.77. The number of hydrogen-bond acceptors (Lipinski definition) is 4. The standard InChI is InChI=1S/C11H14BrN5/c1-17-11(9(12)7-15-17)10(16-13)6-8-4-2-3-5-14-8/h2-5,7,10,16H,6,13H2,1H3. The van der Waals surface area contributed by atoms with Crippen molar-refractivity contribution in [3.05, 3.63) is 46.5 Å². The van der Waals surface area contributed by atoms with Gasteiger partial charge in [-0.1, -0.05) is 6.07 Å². The third-order valence-electron chi connectivity index (χ3n) is 2.61. The normalized spacial score (nSPS) is 12.6. The Morgan fingerprint density at radius 3 is 2.88 bits per heavy atom. The number of halogens is 1. The van der Waals surface area contributed by atoms with Crippen molar-refractivity contribution >= 4 is 15.9 Å². The van der Waals surface area contributed by atoms with Gasteiger partial charge in [0.05, 0.1) is 22.4 Å². The average molecular weight is 296 g/mol. The molecule has 2 aromatic rings. The van der Waals surface area contributed by atoms with Crippen molar-refractivity contribution in [2.45, 2.75) is 12.5 Å². The molecule has 0 amide bonds. The lowest BCUT2D eigenvalue weighted by atomic mass is 10.1. The molecular formula is C11H14BrN5. The summed E-state index contributed by atoms with van der Waals surface area (Å²) >= 11 is 3.47. The van der Waals surface area contributed by atoms with Crippen LogP contribution in [-0.2, 0) is 13.5 Å².